The van der Waals surface area contributed by atoms with Crippen LogP contribution in [0.15, 0.2) is 42.5 Å². The highest BCUT2D eigenvalue weighted by molar-refractivity contribution is 7.85. The molecule has 1 heterocycles. The maximum absolute atomic E-state index is 9.08. The van der Waals surface area contributed by atoms with E-state index in [0.29, 0.717) is 17.1 Å². The molecular weight excluding hydrogens is 374 g/mol. The Morgan fingerprint density at radius 3 is 2.52 bits per heavy atom. The van der Waals surface area contributed by atoms with E-state index in [-0.39, 0.29) is 0 Å². The van der Waals surface area contributed by atoms with Gasteiger partial charge in [-0.15, -0.1) is 0 Å². The Bertz CT molecular complexity index is 1080. The molecule has 0 atom stereocenters. The van der Waals surface area contributed by atoms with Crippen molar-refractivity contribution in [1.29, 1.82) is 5.26 Å². The fraction of sp³-hybridized carbons (Fsp3) is 0.182. The summed E-state index contributed by atoms with van der Waals surface area (Å²) in [4.78, 5) is 0. The molecule has 2 aromatic carbocycles. The van der Waals surface area contributed by atoms with Gasteiger partial charge in [0.05, 0.1) is 22.8 Å². The Morgan fingerprint density at radius 1 is 1.19 bits per heavy atom. The van der Waals surface area contributed by atoms with E-state index >= 15 is 0 Å². The largest absolute Gasteiger partial charge is 0.265 e. The summed E-state index contributed by atoms with van der Waals surface area (Å²) in [5.74, 6) is 2.92. The van der Waals surface area contributed by atoms with Crippen LogP contribution in [0.25, 0.3) is 11.3 Å². The van der Waals surface area contributed by atoms with E-state index < -0.39 is 0 Å². The molecule has 0 spiro atoms. The molecule has 27 heavy (non-hydrogen) atoms. The van der Waals surface area contributed by atoms with Crippen molar-refractivity contribution in [2.24, 2.45) is 0 Å². The van der Waals surface area contributed by atoms with Gasteiger partial charge < -0.3 is 0 Å². The molecule has 3 rings (SSSR count). The number of aromatic nitrogens is 2. The van der Waals surface area contributed by atoms with Crippen LogP contribution in [0.3, 0.4) is 0 Å². The van der Waals surface area contributed by atoms with Crippen molar-refractivity contribution in [3.05, 3.63) is 75.4 Å². The van der Waals surface area contributed by atoms with Gasteiger partial charge in [0.15, 0.2) is 0 Å². The van der Waals surface area contributed by atoms with Crippen molar-refractivity contribution < 1.29 is 0 Å². The minimum atomic E-state index is 0.449. The number of nitriles is 1. The van der Waals surface area contributed by atoms with Crippen LogP contribution in [0.4, 0.5) is 0 Å². The SMILES string of the molecule is CCc1c(-c2ccc(C#N)c(Cl)c2)nn(Cc2ccc(C#CS)cc2)c1C. The van der Waals surface area contributed by atoms with Crippen LogP contribution in [0.1, 0.15) is 34.9 Å². The molecule has 0 bridgehead atoms. The van der Waals surface area contributed by atoms with E-state index in [0.717, 1.165) is 34.5 Å². The molecule has 134 valence electrons. The van der Waals surface area contributed by atoms with Crippen LogP contribution in [-0.2, 0) is 13.0 Å². The van der Waals surface area contributed by atoms with Gasteiger partial charge in [-0.3, -0.25) is 4.68 Å². The number of nitrogens with zero attached hydrogens (tertiary/aromatic N) is 3. The molecule has 0 saturated heterocycles. The van der Waals surface area contributed by atoms with Crippen molar-refractivity contribution in [3.8, 4) is 28.5 Å². The van der Waals surface area contributed by atoms with Gasteiger partial charge in [-0.2, -0.15) is 10.4 Å². The first-order valence-corrected chi connectivity index (χ1v) is 9.40. The van der Waals surface area contributed by atoms with Gasteiger partial charge in [0.1, 0.15) is 6.07 Å². The Kier molecular flexibility index (Phi) is 5.91. The topological polar surface area (TPSA) is 41.6 Å². The lowest BCUT2D eigenvalue weighted by Gasteiger charge is -2.05. The Labute approximate surface area is 170 Å². The van der Waals surface area contributed by atoms with Gasteiger partial charge in [-0.25, -0.2) is 0 Å². The summed E-state index contributed by atoms with van der Waals surface area (Å²) in [5.41, 5.74) is 6.72. The fourth-order valence-electron chi connectivity index (χ4n) is 3.08. The van der Waals surface area contributed by atoms with E-state index in [2.05, 4.69) is 55.9 Å². The van der Waals surface area contributed by atoms with E-state index in [1.807, 2.05) is 28.9 Å². The molecule has 0 N–H and O–H groups in total. The lowest BCUT2D eigenvalue weighted by Crippen LogP contribution is -2.04. The van der Waals surface area contributed by atoms with Crippen molar-refractivity contribution in [1.82, 2.24) is 9.78 Å². The van der Waals surface area contributed by atoms with E-state index in [4.69, 9.17) is 22.0 Å². The van der Waals surface area contributed by atoms with E-state index in [9.17, 15) is 0 Å². The number of halogens is 1. The van der Waals surface area contributed by atoms with Crippen LogP contribution in [0.2, 0.25) is 5.02 Å². The molecule has 5 heteroatoms. The molecule has 0 fully saturated rings. The highest BCUT2D eigenvalue weighted by atomic mass is 35.5. The molecule has 0 aliphatic rings. The lowest BCUT2D eigenvalue weighted by molar-refractivity contribution is 0.665. The molecule has 3 nitrogen and oxygen atoms in total. The van der Waals surface area contributed by atoms with Crippen LogP contribution >= 0.6 is 24.2 Å². The van der Waals surface area contributed by atoms with Crippen molar-refractivity contribution in [2.75, 3.05) is 0 Å². The normalized spacial score (nSPS) is 10.2. The smallest absolute Gasteiger partial charge is 0.101 e. The third-order valence-electron chi connectivity index (χ3n) is 4.53. The first kappa shape index (κ1) is 19.1. The zero-order valence-corrected chi connectivity index (χ0v) is 16.8. The maximum atomic E-state index is 9.08. The summed E-state index contributed by atoms with van der Waals surface area (Å²) in [6.45, 7) is 4.88. The number of rotatable bonds is 4. The second-order valence-corrected chi connectivity index (χ2v) is 6.79. The molecule has 0 aliphatic carbocycles. The monoisotopic (exact) mass is 391 g/mol. The van der Waals surface area contributed by atoms with E-state index in [1.54, 1.807) is 6.07 Å². The van der Waals surface area contributed by atoms with Gasteiger partial charge in [0.2, 0.25) is 0 Å². The van der Waals surface area contributed by atoms with Gasteiger partial charge in [0.25, 0.3) is 0 Å². The quantitative estimate of drug-likeness (QED) is 0.488. The summed E-state index contributed by atoms with van der Waals surface area (Å²) >= 11 is 10.1. The third kappa shape index (κ3) is 4.03. The summed E-state index contributed by atoms with van der Waals surface area (Å²) in [6.07, 6.45) is 0.870. The maximum Gasteiger partial charge on any atom is 0.101 e. The molecule has 1 aromatic heterocycles. The van der Waals surface area contributed by atoms with Crippen molar-refractivity contribution >= 4 is 24.2 Å². The van der Waals surface area contributed by atoms with Crippen LogP contribution in [0, 0.1) is 29.4 Å². The predicted molar refractivity (Wildman–Crippen MR) is 113 cm³/mol. The molecule has 0 radical (unpaired) electrons. The van der Waals surface area contributed by atoms with E-state index in [1.165, 1.54) is 5.56 Å². The van der Waals surface area contributed by atoms with Crippen LogP contribution in [-0.4, -0.2) is 9.78 Å². The average Bonchev–Trinajstić information content (AvgIpc) is 2.99. The first-order valence-electron chi connectivity index (χ1n) is 8.57. The molecule has 3 aromatic rings. The number of thiol groups is 1. The second-order valence-electron chi connectivity index (χ2n) is 6.16. The Balaban J connectivity index is 1.97. The van der Waals surface area contributed by atoms with Crippen LogP contribution < -0.4 is 0 Å². The van der Waals surface area contributed by atoms with Gasteiger partial charge in [-0.1, -0.05) is 55.3 Å². The molecule has 0 aliphatic heterocycles. The number of hydrogen-bond acceptors (Lipinski definition) is 3. The number of hydrogen-bond donors (Lipinski definition) is 1. The van der Waals surface area contributed by atoms with Gasteiger partial charge >= 0.3 is 0 Å². The molecule has 0 saturated carbocycles. The summed E-state index contributed by atoms with van der Waals surface area (Å²) in [7, 11) is 0. The zero-order valence-electron chi connectivity index (χ0n) is 15.1. The third-order valence-corrected chi connectivity index (χ3v) is 4.96. The molecular formula is C22H18ClN3S. The standard InChI is InChI=1S/C22H18ClN3S/c1-3-20-15(2)26(14-17-6-4-16(5-7-17)10-11-27)25-22(20)18-8-9-19(13-24)21(23)12-18/h4-9,12,27H,3,14H2,1-2H3. The highest BCUT2D eigenvalue weighted by Gasteiger charge is 2.16. The predicted octanol–water partition coefficient (Wildman–Crippen LogP) is 5.23. The fourth-order valence-corrected chi connectivity index (χ4v) is 3.43. The Morgan fingerprint density at radius 2 is 1.93 bits per heavy atom. The average molecular weight is 392 g/mol. The summed E-state index contributed by atoms with van der Waals surface area (Å²) in [6, 6.07) is 15.6. The number of benzene rings is 2. The van der Waals surface area contributed by atoms with Gasteiger partial charge in [0, 0.05) is 22.4 Å². The summed E-state index contributed by atoms with van der Waals surface area (Å²) in [5, 5.41) is 17.0. The second kappa shape index (κ2) is 8.35. The zero-order chi connectivity index (χ0) is 19.4. The van der Waals surface area contributed by atoms with Crippen molar-refractivity contribution in [2.45, 2.75) is 26.8 Å². The minimum absolute atomic E-state index is 0.449. The molecule has 0 amide bonds. The first-order chi connectivity index (χ1) is 13.1. The lowest BCUT2D eigenvalue weighted by atomic mass is 10.0. The molecule has 0 unspecified atom stereocenters. The highest BCUT2D eigenvalue weighted by Crippen LogP contribution is 2.29. The van der Waals surface area contributed by atoms with Gasteiger partial charge in [-0.05, 0) is 48.4 Å². The van der Waals surface area contributed by atoms with Crippen molar-refractivity contribution in [3.63, 3.8) is 0 Å². The summed E-state index contributed by atoms with van der Waals surface area (Å²) < 4.78 is 2.01. The van der Waals surface area contributed by atoms with Crippen LogP contribution in [0.5, 0.6) is 0 Å². The minimum Gasteiger partial charge on any atom is -0.265 e. The Hall–Kier alpha value is -2.66.